The summed E-state index contributed by atoms with van der Waals surface area (Å²) in [5.41, 5.74) is 7.91. The Labute approximate surface area is 106 Å². The summed E-state index contributed by atoms with van der Waals surface area (Å²) < 4.78 is 0. The molecule has 1 heterocycles. The van der Waals surface area contributed by atoms with Gasteiger partial charge in [-0.2, -0.15) is 0 Å². The lowest BCUT2D eigenvalue weighted by atomic mass is 9.88. The summed E-state index contributed by atoms with van der Waals surface area (Å²) in [5, 5.41) is 0. The third-order valence-corrected chi connectivity index (χ3v) is 3.32. The molecule has 18 heavy (non-hydrogen) atoms. The van der Waals surface area contributed by atoms with Gasteiger partial charge in [-0.25, -0.2) is 0 Å². The van der Waals surface area contributed by atoms with Crippen molar-refractivity contribution in [3.05, 3.63) is 66.2 Å². The van der Waals surface area contributed by atoms with Gasteiger partial charge in [0.05, 0.1) is 6.04 Å². The zero-order chi connectivity index (χ0) is 12.5. The summed E-state index contributed by atoms with van der Waals surface area (Å²) in [5.74, 6) is -0.0185. The van der Waals surface area contributed by atoms with Gasteiger partial charge in [0.2, 0.25) is 5.91 Å². The lowest BCUT2D eigenvalue weighted by Crippen LogP contribution is -2.63. The second kappa shape index (κ2) is 4.27. The van der Waals surface area contributed by atoms with E-state index in [9.17, 15) is 4.79 Å². The van der Waals surface area contributed by atoms with E-state index < -0.39 is 6.04 Å². The Kier molecular flexibility index (Phi) is 2.61. The number of amides is 1. The van der Waals surface area contributed by atoms with E-state index in [2.05, 4.69) is 0 Å². The molecule has 1 fully saturated rings. The van der Waals surface area contributed by atoms with Crippen LogP contribution in [0.15, 0.2) is 60.7 Å². The molecule has 3 nitrogen and oxygen atoms in total. The normalized spacial score (nSPS) is 22.7. The molecule has 0 aliphatic carbocycles. The largest absolute Gasteiger partial charge is 0.318 e. The summed E-state index contributed by atoms with van der Waals surface area (Å²) in [7, 11) is 0. The molecular formula is C15H14N2O. The summed E-state index contributed by atoms with van der Waals surface area (Å²) in [6, 6.07) is 19.1. The molecule has 0 unspecified atom stereocenters. The Hall–Kier alpha value is -2.13. The highest BCUT2D eigenvalue weighted by atomic mass is 16.2. The smallest absolute Gasteiger partial charge is 0.247 e. The second-order valence-electron chi connectivity index (χ2n) is 4.43. The van der Waals surface area contributed by atoms with Crippen LogP contribution in [0.5, 0.6) is 0 Å². The Bertz CT molecular complexity index is 553. The number of β-lactam (4-membered cyclic amide) rings is 1. The topological polar surface area (TPSA) is 46.3 Å². The minimum absolute atomic E-state index is 0.0185. The van der Waals surface area contributed by atoms with E-state index in [4.69, 9.17) is 5.73 Å². The van der Waals surface area contributed by atoms with E-state index in [1.807, 2.05) is 60.7 Å². The molecule has 0 radical (unpaired) electrons. The number of hydrogen-bond donors (Lipinski definition) is 1. The molecule has 1 amide bonds. The van der Waals surface area contributed by atoms with Gasteiger partial charge in [-0.3, -0.25) is 4.79 Å². The Balaban J connectivity index is 1.97. The number of hydrogen-bond acceptors (Lipinski definition) is 2. The van der Waals surface area contributed by atoms with Crippen molar-refractivity contribution in [1.82, 2.24) is 0 Å². The molecule has 2 atom stereocenters. The molecule has 0 bridgehead atoms. The van der Waals surface area contributed by atoms with Gasteiger partial charge in [0.25, 0.3) is 0 Å². The maximum atomic E-state index is 11.9. The number of carbonyl (C=O) groups excluding carboxylic acids is 1. The zero-order valence-electron chi connectivity index (χ0n) is 9.86. The summed E-state index contributed by atoms with van der Waals surface area (Å²) in [4.78, 5) is 13.7. The Morgan fingerprint density at radius 1 is 0.889 bits per heavy atom. The summed E-state index contributed by atoms with van der Waals surface area (Å²) in [6.07, 6.45) is 0. The molecule has 90 valence electrons. The molecule has 0 aromatic heterocycles. The molecular weight excluding hydrogens is 224 g/mol. The van der Waals surface area contributed by atoms with Crippen molar-refractivity contribution in [2.24, 2.45) is 5.73 Å². The van der Waals surface area contributed by atoms with Gasteiger partial charge in [-0.05, 0) is 17.7 Å². The van der Waals surface area contributed by atoms with Crippen LogP contribution in [-0.2, 0) is 4.79 Å². The average molecular weight is 238 g/mol. The fraction of sp³-hybridized carbons (Fsp3) is 0.133. The zero-order valence-corrected chi connectivity index (χ0v) is 9.86. The molecule has 2 N–H and O–H groups in total. The van der Waals surface area contributed by atoms with Gasteiger partial charge in [-0.15, -0.1) is 0 Å². The maximum absolute atomic E-state index is 11.9. The van der Waals surface area contributed by atoms with Crippen LogP contribution in [0.25, 0.3) is 0 Å². The van der Waals surface area contributed by atoms with E-state index in [0.29, 0.717) is 0 Å². The fourth-order valence-electron chi connectivity index (χ4n) is 2.39. The van der Waals surface area contributed by atoms with Crippen LogP contribution in [0, 0.1) is 0 Å². The van der Waals surface area contributed by atoms with Crippen molar-refractivity contribution in [2.75, 3.05) is 4.90 Å². The van der Waals surface area contributed by atoms with Crippen molar-refractivity contribution in [2.45, 2.75) is 12.1 Å². The van der Waals surface area contributed by atoms with Crippen LogP contribution in [0.3, 0.4) is 0 Å². The number of para-hydroxylation sites is 1. The van der Waals surface area contributed by atoms with Crippen molar-refractivity contribution >= 4 is 11.6 Å². The highest BCUT2D eigenvalue weighted by Crippen LogP contribution is 2.37. The van der Waals surface area contributed by atoms with Crippen molar-refractivity contribution < 1.29 is 4.79 Å². The van der Waals surface area contributed by atoms with Gasteiger partial charge >= 0.3 is 0 Å². The molecule has 0 saturated carbocycles. The number of nitrogens with two attached hydrogens (primary N) is 1. The number of nitrogens with zero attached hydrogens (tertiary/aromatic N) is 1. The third-order valence-electron chi connectivity index (χ3n) is 3.32. The fourth-order valence-corrected chi connectivity index (χ4v) is 2.39. The second-order valence-corrected chi connectivity index (χ2v) is 4.43. The summed E-state index contributed by atoms with van der Waals surface area (Å²) in [6.45, 7) is 0. The van der Waals surface area contributed by atoms with E-state index in [-0.39, 0.29) is 11.9 Å². The van der Waals surface area contributed by atoms with Gasteiger partial charge in [0, 0.05) is 5.69 Å². The molecule has 3 heteroatoms. The number of rotatable bonds is 2. The van der Waals surface area contributed by atoms with Crippen LogP contribution in [-0.4, -0.2) is 11.9 Å². The van der Waals surface area contributed by atoms with E-state index in [1.165, 1.54) is 0 Å². The van der Waals surface area contributed by atoms with Crippen LogP contribution >= 0.6 is 0 Å². The number of carbonyl (C=O) groups is 1. The Morgan fingerprint density at radius 3 is 2.06 bits per heavy atom. The predicted molar refractivity (Wildman–Crippen MR) is 71.1 cm³/mol. The standard InChI is InChI=1S/C15H14N2O/c16-13-14(11-7-3-1-4-8-11)17(15(13)18)12-9-5-2-6-10-12/h1-10,13-14H,16H2/t13-,14+/m1/s1. The van der Waals surface area contributed by atoms with E-state index in [1.54, 1.807) is 4.90 Å². The average Bonchev–Trinajstić information content (AvgIpc) is 2.45. The van der Waals surface area contributed by atoms with Gasteiger partial charge in [0.1, 0.15) is 6.04 Å². The van der Waals surface area contributed by atoms with Gasteiger partial charge in [0.15, 0.2) is 0 Å². The van der Waals surface area contributed by atoms with Crippen LogP contribution in [0.4, 0.5) is 5.69 Å². The quantitative estimate of drug-likeness (QED) is 0.814. The SMILES string of the molecule is N[C@H]1C(=O)N(c2ccccc2)[C@H]1c1ccccc1. The lowest BCUT2D eigenvalue weighted by molar-refractivity contribution is -0.126. The van der Waals surface area contributed by atoms with Crippen molar-refractivity contribution in [1.29, 1.82) is 0 Å². The number of benzene rings is 2. The highest BCUT2D eigenvalue weighted by Gasteiger charge is 2.46. The first-order valence-electron chi connectivity index (χ1n) is 5.97. The molecule has 0 spiro atoms. The van der Waals surface area contributed by atoms with E-state index >= 15 is 0 Å². The first-order chi connectivity index (χ1) is 8.79. The number of anilines is 1. The van der Waals surface area contributed by atoms with Crippen molar-refractivity contribution in [3.63, 3.8) is 0 Å². The molecule has 2 aromatic carbocycles. The lowest BCUT2D eigenvalue weighted by Gasteiger charge is -2.45. The van der Waals surface area contributed by atoms with Crippen LogP contribution < -0.4 is 10.6 Å². The van der Waals surface area contributed by atoms with Crippen molar-refractivity contribution in [3.8, 4) is 0 Å². The minimum Gasteiger partial charge on any atom is -0.318 e. The monoisotopic (exact) mass is 238 g/mol. The molecule has 1 saturated heterocycles. The molecule has 1 aliphatic rings. The first kappa shape index (κ1) is 11.0. The first-order valence-corrected chi connectivity index (χ1v) is 5.97. The minimum atomic E-state index is -0.437. The van der Waals surface area contributed by atoms with Gasteiger partial charge in [-0.1, -0.05) is 48.5 Å². The maximum Gasteiger partial charge on any atom is 0.247 e. The van der Waals surface area contributed by atoms with Gasteiger partial charge < -0.3 is 10.6 Å². The van der Waals surface area contributed by atoms with Crippen LogP contribution in [0.2, 0.25) is 0 Å². The predicted octanol–water partition coefficient (Wildman–Crippen LogP) is 2.10. The summed E-state index contributed by atoms with van der Waals surface area (Å²) >= 11 is 0. The third kappa shape index (κ3) is 1.60. The van der Waals surface area contributed by atoms with Crippen LogP contribution in [0.1, 0.15) is 11.6 Å². The molecule has 3 rings (SSSR count). The Morgan fingerprint density at radius 2 is 1.44 bits per heavy atom. The molecule has 1 aliphatic heterocycles. The highest BCUT2D eigenvalue weighted by molar-refractivity contribution is 6.05. The molecule has 2 aromatic rings. The van der Waals surface area contributed by atoms with E-state index in [0.717, 1.165) is 11.3 Å².